The van der Waals surface area contributed by atoms with Gasteiger partial charge in [-0.1, -0.05) is 18.0 Å². The number of rotatable bonds is 2. The average molecular weight is 364 g/mol. The Morgan fingerprint density at radius 2 is 1.96 bits per heavy atom. The van der Waals surface area contributed by atoms with Crippen molar-refractivity contribution in [1.29, 1.82) is 0 Å². The molecular formula is C19H26ClN3O2. The summed E-state index contributed by atoms with van der Waals surface area (Å²) in [5.74, 6) is 0.588. The maximum atomic E-state index is 13.0. The van der Waals surface area contributed by atoms with Crippen molar-refractivity contribution in [3.05, 3.63) is 22.7 Å². The van der Waals surface area contributed by atoms with Crippen LogP contribution in [-0.2, 0) is 0 Å². The first-order valence-corrected chi connectivity index (χ1v) is 9.61. The van der Waals surface area contributed by atoms with Crippen molar-refractivity contribution in [2.24, 2.45) is 0 Å². The van der Waals surface area contributed by atoms with E-state index in [0.717, 1.165) is 25.1 Å². The molecule has 0 spiro atoms. The predicted octanol–water partition coefficient (Wildman–Crippen LogP) is 2.91. The number of piperidine rings is 2. The van der Waals surface area contributed by atoms with Crippen molar-refractivity contribution in [3.8, 4) is 5.75 Å². The van der Waals surface area contributed by atoms with Gasteiger partial charge < -0.3 is 19.9 Å². The van der Waals surface area contributed by atoms with E-state index in [1.54, 1.807) is 6.07 Å². The fourth-order valence-electron chi connectivity index (χ4n) is 4.59. The van der Waals surface area contributed by atoms with Gasteiger partial charge in [0.15, 0.2) is 5.75 Å². The number of carbonyl (C=O) groups excluding carboxylic acids is 1. The third-order valence-electron chi connectivity index (χ3n) is 6.04. The molecule has 0 radical (unpaired) electrons. The Kier molecular flexibility index (Phi) is 4.54. The van der Waals surface area contributed by atoms with E-state index in [4.69, 9.17) is 16.3 Å². The fraction of sp³-hybridized carbons (Fsp3) is 0.632. The Bertz CT molecular complexity index is 667. The molecule has 1 N–H and O–H groups in total. The monoisotopic (exact) mass is 363 g/mol. The second-order valence-corrected chi connectivity index (χ2v) is 8.05. The van der Waals surface area contributed by atoms with Crippen LogP contribution in [-0.4, -0.2) is 56.2 Å². The smallest absolute Gasteiger partial charge is 0.255 e. The summed E-state index contributed by atoms with van der Waals surface area (Å²) in [4.78, 5) is 17.6. The van der Waals surface area contributed by atoms with Crippen LogP contribution in [0.3, 0.4) is 0 Å². The molecular weight excluding hydrogens is 338 g/mol. The van der Waals surface area contributed by atoms with Gasteiger partial charge in [-0.25, -0.2) is 0 Å². The number of halogens is 1. The lowest BCUT2D eigenvalue weighted by Gasteiger charge is -2.47. The van der Waals surface area contributed by atoms with Crippen LogP contribution >= 0.6 is 11.6 Å². The molecule has 136 valence electrons. The third-order valence-corrected chi connectivity index (χ3v) is 6.26. The van der Waals surface area contributed by atoms with E-state index < -0.39 is 0 Å². The lowest BCUT2D eigenvalue weighted by atomic mass is 9.82. The number of fused-ring (bicyclic) bond motifs is 3. The Balaban J connectivity index is 1.54. The van der Waals surface area contributed by atoms with Crippen molar-refractivity contribution in [1.82, 2.24) is 10.2 Å². The summed E-state index contributed by atoms with van der Waals surface area (Å²) >= 11 is 6.26. The standard InChI is InChI=1S/C19H26ClN3O2/c1-22-6-7-25-18-16(8-12(20)9-17(18)22)19(24)21-13-10-14-4-3-5-15(11-13)23(14)2/h8-9,13-15H,3-7,10-11H2,1-2H3,(H,21,24)/t13?,14-,15+. The van der Waals surface area contributed by atoms with Crippen LogP contribution in [0.25, 0.3) is 0 Å². The molecule has 3 aliphatic heterocycles. The van der Waals surface area contributed by atoms with Gasteiger partial charge in [-0.15, -0.1) is 0 Å². The van der Waals surface area contributed by atoms with Crippen LogP contribution in [0.2, 0.25) is 5.02 Å². The molecule has 6 heteroatoms. The largest absolute Gasteiger partial charge is 0.489 e. The van der Waals surface area contributed by atoms with Gasteiger partial charge in [0.25, 0.3) is 5.91 Å². The molecule has 3 heterocycles. The molecule has 4 rings (SSSR count). The summed E-state index contributed by atoms with van der Waals surface area (Å²) in [6.45, 7) is 1.39. The molecule has 3 atom stereocenters. The van der Waals surface area contributed by atoms with Gasteiger partial charge in [0.2, 0.25) is 0 Å². The summed E-state index contributed by atoms with van der Waals surface area (Å²) in [6, 6.07) is 5.01. The van der Waals surface area contributed by atoms with Gasteiger partial charge >= 0.3 is 0 Å². The molecule has 0 aliphatic carbocycles. The highest BCUT2D eigenvalue weighted by Gasteiger charge is 2.37. The van der Waals surface area contributed by atoms with Crippen molar-refractivity contribution in [2.75, 3.05) is 32.1 Å². The van der Waals surface area contributed by atoms with E-state index in [1.807, 2.05) is 13.1 Å². The Morgan fingerprint density at radius 1 is 1.24 bits per heavy atom. The zero-order valence-electron chi connectivity index (χ0n) is 14.9. The minimum Gasteiger partial charge on any atom is -0.489 e. The second kappa shape index (κ2) is 6.69. The Labute approximate surface area is 154 Å². The number of hydrogen-bond donors (Lipinski definition) is 1. The predicted molar refractivity (Wildman–Crippen MR) is 99.9 cm³/mol. The summed E-state index contributed by atoms with van der Waals surface area (Å²) in [7, 11) is 4.22. The highest BCUT2D eigenvalue weighted by Crippen LogP contribution is 2.38. The number of likely N-dealkylation sites (N-methyl/N-ethyl adjacent to an activating group) is 1. The first-order valence-electron chi connectivity index (χ1n) is 9.23. The molecule has 2 saturated heterocycles. The number of hydrogen-bond acceptors (Lipinski definition) is 4. The molecule has 1 unspecified atom stereocenters. The molecule has 3 aliphatic rings. The van der Waals surface area contributed by atoms with E-state index >= 15 is 0 Å². The average Bonchev–Trinajstić information content (AvgIpc) is 2.56. The topological polar surface area (TPSA) is 44.8 Å². The van der Waals surface area contributed by atoms with Gasteiger partial charge in [0.1, 0.15) is 6.61 Å². The summed E-state index contributed by atoms with van der Waals surface area (Å²) in [5, 5.41) is 3.82. The van der Waals surface area contributed by atoms with Crippen molar-refractivity contribution >= 4 is 23.2 Å². The zero-order chi connectivity index (χ0) is 17.6. The number of nitrogens with zero attached hydrogens (tertiary/aromatic N) is 2. The van der Waals surface area contributed by atoms with Crippen LogP contribution in [0, 0.1) is 0 Å². The molecule has 0 saturated carbocycles. The van der Waals surface area contributed by atoms with E-state index in [1.165, 1.54) is 19.3 Å². The van der Waals surface area contributed by atoms with Gasteiger partial charge in [0, 0.05) is 30.2 Å². The van der Waals surface area contributed by atoms with Crippen LogP contribution in [0.4, 0.5) is 5.69 Å². The number of anilines is 1. The molecule has 2 bridgehead atoms. The second-order valence-electron chi connectivity index (χ2n) is 7.62. The number of amides is 1. The van der Waals surface area contributed by atoms with Gasteiger partial charge in [0.05, 0.1) is 17.8 Å². The van der Waals surface area contributed by atoms with Crippen LogP contribution in [0.1, 0.15) is 42.5 Å². The minimum absolute atomic E-state index is 0.0679. The molecule has 1 amide bonds. The summed E-state index contributed by atoms with van der Waals surface area (Å²) < 4.78 is 5.81. The van der Waals surface area contributed by atoms with Crippen molar-refractivity contribution < 1.29 is 9.53 Å². The molecule has 25 heavy (non-hydrogen) atoms. The zero-order valence-corrected chi connectivity index (χ0v) is 15.7. The summed E-state index contributed by atoms with van der Waals surface area (Å²) in [6.07, 6.45) is 5.84. The first kappa shape index (κ1) is 17.0. The lowest BCUT2D eigenvalue weighted by Crippen LogP contribution is -2.55. The minimum atomic E-state index is -0.0679. The third kappa shape index (κ3) is 3.20. The molecule has 2 fully saturated rings. The van der Waals surface area contributed by atoms with Crippen LogP contribution in [0.5, 0.6) is 5.75 Å². The van der Waals surface area contributed by atoms with Crippen molar-refractivity contribution in [3.63, 3.8) is 0 Å². The number of benzene rings is 1. The van der Waals surface area contributed by atoms with E-state index in [9.17, 15) is 4.79 Å². The summed E-state index contributed by atoms with van der Waals surface area (Å²) in [5.41, 5.74) is 1.45. The van der Waals surface area contributed by atoms with Crippen LogP contribution < -0.4 is 15.0 Å². The maximum Gasteiger partial charge on any atom is 0.255 e. The molecule has 1 aromatic carbocycles. The Morgan fingerprint density at radius 3 is 2.68 bits per heavy atom. The Hall–Kier alpha value is -1.46. The number of nitrogens with one attached hydrogen (secondary N) is 1. The van der Waals surface area contributed by atoms with E-state index in [2.05, 4.69) is 22.2 Å². The highest BCUT2D eigenvalue weighted by molar-refractivity contribution is 6.31. The van der Waals surface area contributed by atoms with E-state index in [0.29, 0.717) is 35.0 Å². The quantitative estimate of drug-likeness (QED) is 0.877. The van der Waals surface area contributed by atoms with E-state index in [-0.39, 0.29) is 11.9 Å². The molecule has 0 aromatic heterocycles. The molecule has 1 aromatic rings. The number of carbonyl (C=O) groups is 1. The normalized spacial score (nSPS) is 28.9. The highest BCUT2D eigenvalue weighted by atomic mass is 35.5. The lowest BCUT2D eigenvalue weighted by molar-refractivity contribution is 0.0462. The number of ether oxygens (including phenoxy) is 1. The molecule has 5 nitrogen and oxygen atoms in total. The fourth-order valence-corrected chi connectivity index (χ4v) is 4.80. The van der Waals surface area contributed by atoms with Gasteiger partial charge in [-0.3, -0.25) is 4.79 Å². The van der Waals surface area contributed by atoms with Crippen molar-refractivity contribution in [2.45, 2.75) is 50.2 Å². The van der Waals surface area contributed by atoms with Gasteiger partial charge in [-0.2, -0.15) is 0 Å². The van der Waals surface area contributed by atoms with Gasteiger partial charge in [-0.05, 0) is 44.9 Å². The van der Waals surface area contributed by atoms with Crippen LogP contribution in [0.15, 0.2) is 12.1 Å². The first-order chi connectivity index (χ1) is 12.0. The maximum absolute atomic E-state index is 13.0. The SMILES string of the molecule is CN1CCOc2c(C(=O)NC3C[C@H]4CCC[C@@H](C3)N4C)cc(Cl)cc21.